The first-order valence-electron chi connectivity index (χ1n) is 8.56. The summed E-state index contributed by atoms with van der Waals surface area (Å²) >= 11 is 5.27. The van der Waals surface area contributed by atoms with Crippen molar-refractivity contribution in [2.75, 3.05) is 13.2 Å². The number of aromatic nitrogens is 3. The Bertz CT molecular complexity index is 959. The van der Waals surface area contributed by atoms with Gasteiger partial charge in [-0.15, -0.1) is 16.8 Å². The fourth-order valence-corrected chi connectivity index (χ4v) is 4.44. The van der Waals surface area contributed by atoms with Crippen molar-refractivity contribution in [3.05, 3.63) is 65.2 Å². The molecule has 2 heterocycles. The van der Waals surface area contributed by atoms with E-state index in [0.717, 1.165) is 43.8 Å². The summed E-state index contributed by atoms with van der Waals surface area (Å²) < 4.78 is 14.4. The van der Waals surface area contributed by atoms with Crippen LogP contribution in [-0.2, 0) is 12.3 Å². The molecule has 0 bridgehead atoms. The third-order valence-corrected chi connectivity index (χ3v) is 5.88. The maximum atomic E-state index is 5.69. The molecular formula is C20H18BrN3O2S. The van der Waals surface area contributed by atoms with Crippen LogP contribution in [0.1, 0.15) is 5.56 Å². The normalized spacial score (nSPS) is 12.8. The summed E-state index contributed by atoms with van der Waals surface area (Å²) in [5.74, 6) is 3.15. The van der Waals surface area contributed by atoms with E-state index in [1.54, 1.807) is 11.8 Å². The SMILES string of the molecule is C=CCn1c(SCc2cc3c(cc2Br)OCCO3)nnc1-c1ccccc1. The van der Waals surface area contributed by atoms with Gasteiger partial charge in [0.15, 0.2) is 22.5 Å². The van der Waals surface area contributed by atoms with Gasteiger partial charge in [0.25, 0.3) is 0 Å². The fourth-order valence-electron chi connectivity index (χ4n) is 2.85. The molecule has 0 saturated carbocycles. The van der Waals surface area contributed by atoms with E-state index in [4.69, 9.17) is 9.47 Å². The van der Waals surface area contributed by atoms with Crippen LogP contribution < -0.4 is 9.47 Å². The van der Waals surface area contributed by atoms with Gasteiger partial charge < -0.3 is 9.47 Å². The monoisotopic (exact) mass is 443 g/mol. The number of thioether (sulfide) groups is 1. The minimum Gasteiger partial charge on any atom is -0.486 e. The number of allylic oxidation sites excluding steroid dienone is 1. The minimum atomic E-state index is 0.579. The maximum Gasteiger partial charge on any atom is 0.192 e. The second kappa shape index (κ2) is 8.19. The van der Waals surface area contributed by atoms with Gasteiger partial charge >= 0.3 is 0 Å². The average molecular weight is 444 g/mol. The van der Waals surface area contributed by atoms with Crippen molar-refractivity contribution < 1.29 is 9.47 Å². The third kappa shape index (κ3) is 3.89. The van der Waals surface area contributed by atoms with Crippen molar-refractivity contribution in [2.24, 2.45) is 0 Å². The molecule has 0 amide bonds. The molecule has 0 aliphatic carbocycles. The highest BCUT2D eigenvalue weighted by Crippen LogP contribution is 2.38. The lowest BCUT2D eigenvalue weighted by molar-refractivity contribution is 0.171. The summed E-state index contributed by atoms with van der Waals surface area (Å²) in [7, 11) is 0. The Hall–Kier alpha value is -2.25. The number of hydrogen-bond acceptors (Lipinski definition) is 5. The topological polar surface area (TPSA) is 49.2 Å². The average Bonchev–Trinajstić information content (AvgIpc) is 3.10. The Morgan fingerprint density at radius 2 is 1.85 bits per heavy atom. The molecule has 0 fully saturated rings. The zero-order valence-electron chi connectivity index (χ0n) is 14.6. The highest BCUT2D eigenvalue weighted by molar-refractivity contribution is 9.10. The zero-order chi connectivity index (χ0) is 18.6. The van der Waals surface area contributed by atoms with Gasteiger partial charge in [0, 0.05) is 22.3 Å². The number of ether oxygens (including phenoxy) is 2. The van der Waals surface area contributed by atoms with Gasteiger partial charge in [-0.2, -0.15) is 0 Å². The molecule has 0 spiro atoms. The summed E-state index contributed by atoms with van der Waals surface area (Å²) in [5.41, 5.74) is 2.16. The molecule has 0 saturated heterocycles. The van der Waals surface area contributed by atoms with Crippen LogP contribution in [0.4, 0.5) is 0 Å². The van der Waals surface area contributed by atoms with Gasteiger partial charge in [-0.1, -0.05) is 64.1 Å². The molecule has 0 atom stereocenters. The number of fused-ring (bicyclic) bond motifs is 1. The van der Waals surface area contributed by atoms with Gasteiger partial charge in [0.2, 0.25) is 0 Å². The summed E-state index contributed by atoms with van der Waals surface area (Å²) in [5, 5.41) is 9.66. The number of rotatable bonds is 6. The second-order valence-electron chi connectivity index (χ2n) is 5.95. The first kappa shape index (κ1) is 18.1. The van der Waals surface area contributed by atoms with Crippen LogP contribution in [0.3, 0.4) is 0 Å². The molecule has 138 valence electrons. The van der Waals surface area contributed by atoms with E-state index >= 15 is 0 Å². The van der Waals surface area contributed by atoms with Crippen LogP contribution >= 0.6 is 27.7 Å². The van der Waals surface area contributed by atoms with Crippen molar-refractivity contribution >= 4 is 27.7 Å². The van der Waals surface area contributed by atoms with Crippen molar-refractivity contribution in [2.45, 2.75) is 17.5 Å². The molecule has 7 heteroatoms. The van der Waals surface area contributed by atoms with Gasteiger partial charge in [0.1, 0.15) is 13.2 Å². The minimum absolute atomic E-state index is 0.579. The number of nitrogens with zero attached hydrogens (tertiary/aromatic N) is 3. The van der Waals surface area contributed by atoms with E-state index in [1.807, 2.05) is 48.5 Å². The highest BCUT2D eigenvalue weighted by atomic mass is 79.9. The Kier molecular flexibility index (Phi) is 5.50. The van der Waals surface area contributed by atoms with E-state index in [9.17, 15) is 0 Å². The molecule has 1 aliphatic rings. The Morgan fingerprint density at radius 3 is 2.59 bits per heavy atom. The van der Waals surface area contributed by atoms with Crippen LogP contribution in [0.2, 0.25) is 0 Å². The van der Waals surface area contributed by atoms with E-state index in [1.165, 1.54) is 0 Å². The zero-order valence-corrected chi connectivity index (χ0v) is 17.0. The second-order valence-corrected chi connectivity index (χ2v) is 7.74. The first-order chi connectivity index (χ1) is 13.3. The van der Waals surface area contributed by atoms with Crippen LogP contribution in [0.25, 0.3) is 11.4 Å². The van der Waals surface area contributed by atoms with E-state index in [2.05, 4.69) is 37.3 Å². The van der Waals surface area contributed by atoms with Crippen LogP contribution in [0.5, 0.6) is 11.5 Å². The molecule has 1 aliphatic heterocycles. The maximum absolute atomic E-state index is 5.69. The van der Waals surface area contributed by atoms with Gasteiger partial charge in [-0.25, -0.2) is 0 Å². The van der Waals surface area contributed by atoms with Crippen molar-refractivity contribution in [3.8, 4) is 22.9 Å². The van der Waals surface area contributed by atoms with Crippen LogP contribution in [-0.4, -0.2) is 28.0 Å². The molecule has 5 nitrogen and oxygen atoms in total. The van der Waals surface area contributed by atoms with E-state index in [0.29, 0.717) is 19.8 Å². The third-order valence-electron chi connectivity index (χ3n) is 4.13. The largest absolute Gasteiger partial charge is 0.486 e. The number of benzene rings is 2. The molecule has 4 rings (SSSR count). The van der Waals surface area contributed by atoms with E-state index < -0.39 is 0 Å². The molecule has 0 radical (unpaired) electrons. The summed E-state index contributed by atoms with van der Waals surface area (Å²) in [6.45, 7) is 5.69. The molecule has 2 aromatic carbocycles. The van der Waals surface area contributed by atoms with Gasteiger partial charge in [-0.05, 0) is 17.7 Å². The van der Waals surface area contributed by atoms with Gasteiger partial charge in [0.05, 0.1) is 0 Å². The van der Waals surface area contributed by atoms with Crippen LogP contribution in [0.15, 0.2) is 64.7 Å². The van der Waals surface area contributed by atoms with Crippen molar-refractivity contribution in [3.63, 3.8) is 0 Å². The molecule has 1 aromatic heterocycles. The van der Waals surface area contributed by atoms with Crippen molar-refractivity contribution in [1.29, 1.82) is 0 Å². The van der Waals surface area contributed by atoms with E-state index in [-0.39, 0.29) is 0 Å². The quantitative estimate of drug-likeness (QED) is 0.398. The number of halogens is 1. The smallest absolute Gasteiger partial charge is 0.192 e. The summed E-state index contributed by atoms with van der Waals surface area (Å²) in [6, 6.07) is 14.1. The lowest BCUT2D eigenvalue weighted by atomic mass is 10.2. The molecule has 0 unspecified atom stereocenters. The summed E-state index contributed by atoms with van der Waals surface area (Å²) in [4.78, 5) is 0. The van der Waals surface area contributed by atoms with Gasteiger partial charge in [-0.3, -0.25) is 4.57 Å². The predicted molar refractivity (Wildman–Crippen MR) is 110 cm³/mol. The lowest BCUT2D eigenvalue weighted by Gasteiger charge is -2.19. The lowest BCUT2D eigenvalue weighted by Crippen LogP contribution is -2.15. The summed E-state index contributed by atoms with van der Waals surface area (Å²) in [6.07, 6.45) is 1.86. The standard InChI is InChI=1S/C20H18BrN3O2S/c1-2-8-24-19(14-6-4-3-5-7-14)22-23-20(24)27-13-15-11-17-18(12-16(15)21)26-10-9-25-17/h2-7,11-12H,1,8-10,13H2. The Labute approximate surface area is 170 Å². The molecule has 0 N–H and O–H groups in total. The Morgan fingerprint density at radius 1 is 1.11 bits per heavy atom. The molecular weight excluding hydrogens is 426 g/mol. The first-order valence-corrected chi connectivity index (χ1v) is 10.3. The van der Waals surface area contributed by atoms with Crippen LogP contribution in [0, 0.1) is 0 Å². The van der Waals surface area contributed by atoms with Crippen molar-refractivity contribution in [1.82, 2.24) is 14.8 Å². The Balaban J connectivity index is 1.58. The molecule has 3 aromatic rings. The number of hydrogen-bond donors (Lipinski definition) is 0. The highest BCUT2D eigenvalue weighted by Gasteiger charge is 2.17. The molecule has 27 heavy (non-hydrogen) atoms. The predicted octanol–water partition coefficient (Wildman–Crippen LogP) is 4.96. The fraction of sp³-hybridized carbons (Fsp3) is 0.200.